The monoisotopic (exact) mass is 266 g/mol. The van der Waals surface area contributed by atoms with Gasteiger partial charge in [-0.25, -0.2) is 4.39 Å². The SMILES string of the molecule is O=C(Nc1cccc(OCCF)c1)C1CCCNC1. The van der Waals surface area contributed by atoms with E-state index >= 15 is 0 Å². The van der Waals surface area contributed by atoms with Crippen molar-refractivity contribution in [2.45, 2.75) is 12.8 Å². The molecule has 1 aliphatic heterocycles. The Balaban J connectivity index is 1.92. The molecular weight excluding hydrogens is 247 g/mol. The molecule has 1 fully saturated rings. The summed E-state index contributed by atoms with van der Waals surface area (Å²) in [5.74, 6) is 0.608. The molecule has 0 spiro atoms. The lowest BCUT2D eigenvalue weighted by molar-refractivity contribution is -0.120. The van der Waals surface area contributed by atoms with Gasteiger partial charge in [0, 0.05) is 18.3 Å². The molecule has 104 valence electrons. The summed E-state index contributed by atoms with van der Waals surface area (Å²) >= 11 is 0. The highest BCUT2D eigenvalue weighted by molar-refractivity contribution is 5.92. The van der Waals surface area contributed by atoms with Gasteiger partial charge in [-0.1, -0.05) is 6.07 Å². The summed E-state index contributed by atoms with van der Waals surface area (Å²) in [5, 5.41) is 6.09. The first-order valence-corrected chi connectivity index (χ1v) is 6.60. The van der Waals surface area contributed by atoms with Gasteiger partial charge >= 0.3 is 0 Å². The molecule has 0 bridgehead atoms. The summed E-state index contributed by atoms with van der Waals surface area (Å²) in [5.41, 5.74) is 0.687. The van der Waals surface area contributed by atoms with Crippen molar-refractivity contribution in [2.24, 2.45) is 5.92 Å². The number of carbonyl (C=O) groups is 1. The molecule has 0 saturated carbocycles. The van der Waals surface area contributed by atoms with E-state index in [0.717, 1.165) is 25.9 Å². The first-order valence-electron chi connectivity index (χ1n) is 6.60. The molecule has 0 aromatic heterocycles. The Morgan fingerprint density at radius 3 is 3.16 bits per heavy atom. The molecule has 2 N–H and O–H groups in total. The Morgan fingerprint density at radius 1 is 1.53 bits per heavy atom. The molecule has 2 rings (SSSR count). The second-order valence-electron chi connectivity index (χ2n) is 4.60. The van der Waals surface area contributed by atoms with E-state index in [4.69, 9.17) is 4.74 Å². The molecule has 4 nitrogen and oxygen atoms in total. The molecule has 1 heterocycles. The molecule has 1 aromatic rings. The third kappa shape index (κ3) is 4.21. The maximum absolute atomic E-state index is 12.0. The van der Waals surface area contributed by atoms with Crippen LogP contribution in [0.1, 0.15) is 12.8 Å². The number of carbonyl (C=O) groups excluding carboxylic acids is 1. The number of hydrogen-bond acceptors (Lipinski definition) is 3. The fraction of sp³-hybridized carbons (Fsp3) is 0.500. The topological polar surface area (TPSA) is 50.4 Å². The van der Waals surface area contributed by atoms with Crippen molar-refractivity contribution in [3.8, 4) is 5.75 Å². The van der Waals surface area contributed by atoms with Crippen molar-refractivity contribution >= 4 is 11.6 Å². The van der Waals surface area contributed by atoms with Crippen LogP contribution in [0.4, 0.5) is 10.1 Å². The quantitative estimate of drug-likeness (QED) is 0.856. The van der Waals surface area contributed by atoms with E-state index in [1.165, 1.54) is 0 Å². The molecular formula is C14H19FN2O2. The number of halogens is 1. The van der Waals surface area contributed by atoms with E-state index in [0.29, 0.717) is 11.4 Å². The summed E-state index contributed by atoms with van der Waals surface area (Å²) in [6, 6.07) is 7.04. The highest BCUT2D eigenvalue weighted by atomic mass is 19.1. The van der Waals surface area contributed by atoms with Gasteiger partial charge in [0.25, 0.3) is 0 Å². The Kier molecular flexibility index (Phi) is 5.15. The minimum absolute atomic E-state index is 0.0177. The smallest absolute Gasteiger partial charge is 0.228 e. The van der Waals surface area contributed by atoms with Gasteiger partial charge in [0.05, 0.1) is 5.92 Å². The molecule has 1 amide bonds. The van der Waals surface area contributed by atoms with Gasteiger partial charge in [-0.15, -0.1) is 0 Å². The number of piperidine rings is 1. The Morgan fingerprint density at radius 2 is 2.42 bits per heavy atom. The van der Waals surface area contributed by atoms with Gasteiger partial charge in [-0.2, -0.15) is 0 Å². The molecule has 19 heavy (non-hydrogen) atoms. The normalized spacial score (nSPS) is 18.9. The van der Waals surface area contributed by atoms with Crippen LogP contribution in [0.15, 0.2) is 24.3 Å². The summed E-state index contributed by atoms with van der Waals surface area (Å²) in [6.07, 6.45) is 1.94. The van der Waals surface area contributed by atoms with Gasteiger partial charge in [0.1, 0.15) is 19.0 Å². The van der Waals surface area contributed by atoms with Crippen molar-refractivity contribution in [1.82, 2.24) is 5.32 Å². The number of anilines is 1. The van der Waals surface area contributed by atoms with E-state index in [9.17, 15) is 9.18 Å². The maximum atomic E-state index is 12.0. The third-order valence-electron chi connectivity index (χ3n) is 3.12. The highest BCUT2D eigenvalue weighted by Gasteiger charge is 2.20. The fourth-order valence-corrected chi connectivity index (χ4v) is 2.14. The van der Waals surface area contributed by atoms with Crippen LogP contribution in [0.2, 0.25) is 0 Å². The standard InChI is InChI=1S/C14H19FN2O2/c15-6-8-19-13-5-1-4-12(9-13)17-14(18)11-3-2-7-16-10-11/h1,4-5,9,11,16H,2-3,6-8,10H2,(H,17,18). The van der Waals surface area contributed by atoms with E-state index in [1.54, 1.807) is 24.3 Å². The van der Waals surface area contributed by atoms with Crippen LogP contribution in [-0.4, -0.2) is 32.3 Å². The van der Waals surface area contributed by atoms with E-state index in [1.807, 2.05) is 0 Å². The summed E-state index contributed by atoms with van der Waals surface area (Å²) in [7, 11) is 0. The van der Waals surface area contributed by atoms with Crippen LogP contribution in [0.3, 0.4) is 0 Å². The number of rotatable bonds is 5. The van der Waals surface area contributed by atoms with Gasteiger partial charge < -0.3 is 15.4 Å². The van der Waals surface area contributed by atoms with Crippen LogP contribution in [0.25, 0.3) is 0 Å². The van der Waals surface area contributed by atoms with Gasteiger partial charge in [-0.05, 0) is 31.5 Å². The molecule has 1 atom stereocenters. The lowest BCUT2D eigenvalue weighted by Gasteiger charge is -2.22. The molecule has 0 radical (unpaired) electrons. The second-order valence-corrected chi connectivity index (χ2v) is 4.60. The summed E-state index contributed by atoms with van der Waals surface area (Å²) in [4.78, 5) is 12.0. The predicted molar refractivity (Wildman–Crippen MR) is 72.1 cm³/mol. The lowest BCUT2D eigenvalue weighted by Crippen LogP contribution is -2.37. The van der Waals surface area contributed by atoms with Crippen molar-refractivity contribution in [3.05, 3.63) is 24.3 Å². The van der Waals surface area contributed by atoms with Crippen LogP contribution < -0.4 is 15.4 Å². The van der Waals surface area contributed by atoms with Crippen molar-refractivity contribution in [3.63, 3.8) is 0 Å². The zero-order chi connectivity index (χ0) is 13.5. The van der Waals surface area contributed by atoms with Gasteiger partial charge in [0.2, 0.25) is 5.91 Å². The third-order valence-corrected chi connectivity index (χ3v) is 3.12. The molecule has 1 aromatic carbocycles. The lowest BCUT2D eigenvalue weighted by atomic mass is 9.99. The largest absolute Gasteiger partial charge is 0.491 e. The Hall–Kier alpha value is -1.62. The van der Waals surface area contributed by atoms with E-state index in [2.05, 4.69) is 10.6 Å². The molecule has 1 unspecified atom stereocenters. The van der Waals surface area contributed by atoms with Crippen LogP contribution >= 0.6 is 0 Å². The number of benzene rings is 1. The van der Waals surface area contributed by atoms with E-state index in [-0.39, 0.29) is 18.4 Å². The minimum atomic E-state index is -0.523. The number of alkyl halides is 1. The van der Waals surface area contributed by atoms with Gasteiger partial charge in [0.15, 0.2) is 0 Å². The fourth-order valence-electron chi connectivity index (χ4n) is 2.14. The average Bonchev–Trinajstić information content (AvgIpc) is 2.46. The Labute approximate surface area is 112 Å². The molecule has 5 heteroatoms. The Bertz CT molecular complexity index is 420. The zero-order valence-electron chi connectivity index (χ0n) is 10.8. The van der Waals surface area contributed by atoms with E-state index < -0.39 is 6.67 Å². The molecule has 1 saturated heterocycles. The first kappa shape index (κ1) is 13.8. The number of amides is 1. The number of ether oxygens (including phenoxy) is 1. The summed E-state index contributed by atoms with van der Waals surface area (Å²) < 4.78 is 17.2. The molecule has 0 aliphatic carbocycles. The van der Waals surface area contributed by atoms with Crippen LogP contribution in [0, 0.1) is 5.92 Å². The first-order chi connectivity index (χ1) is 9.29. The van der Waals surface area contributed by atoms with Crippen molar-refractivity contribution in [2.75, 3.05) is 31.7 Å². The number of nitrogens with one attached hydrogen (secondary N) is 2. The minimum Gasteiger partial charge on any atom is -0.491 e. The van der Waals surface area contributed by atoms with Crippen molar-refractivity contribution < 1.29 is 13.9 Å². The maximum Gasteiger partial charge on any atom is 0.228 e. The zero-order valence-corrected chi connectivity index (χ0v) is 10.8. The molecule has 1 aliphatic rings. The predicted octanol–water partition coefficient (Wildman–Crippen LogP) is 1.97. The van der Waals surface area contributed by atoms with Gasteiger partial charge in [-0.3, -0.25) is 4.79 Å². The van der Waals surface area contributed by atoms with Crippen LogP contribution in [0.5, 0.6) is 5.75 Å². The van der Waals surface area contributed by atoms with Crippen molar-refractivity contribution in [1.29, 1.82) is 0 Å². The highest BCUT2D eigenvalue weighted by Crippen LogP contribution is 2.19. The average molecular weight is 266 g/mol. The van der Waals surface area contributed by atoms with Crippen LogP contribution in [-0.2, 0) is 4.79 Å². The second kappa shape index (κ2) is 7.09. The summed E-state index contributed by atoms with van der Waals surface area (Å²) in [6.45, 7) is 1.22. The number of hydrogen-bond donors (Lipinski definition) is 2.